The molecule has 1 saturated heterocycles. The highest BCUT2D eigenvalue weighted by molar-refractivity contribution is 7.99. The van der Waals surface area contributed by atoms with Crippen molar-refractivity contribution in [3.8, 4) is 5.75 Å². The molecule has 0 aliphatic carbocycles. The number of hydrogen-bond donors (Lipinski definition) is 1. The maximum Gasteiger partial charge on any atom is 0.243 e. The number of thioether (sulfide) groups is 1. The van der Waals surface area contributed by atoms with Crippen molar-refractivity contribution in [2.45, 2.75) is 29.9 Å². The summed E-state index contributed by atoms with van der Waals surface area (Å²) in [6, 6.07) is 8.26. The summed E-state index contributed by atoms with van der Waals surface area (Å²) < 4.78 is 11.3. The first-order valence-corrected chi connectivity index (χ1v) is 7.84. The van der Waals surface area contributed by atoms with Gasteiger partial charge in [-0.25, -0.2) is 0 Å². The molecule has 0 saturated carbocycles. The van der Waals surface area contributed by atoms with Crippen LogP contribution in [0.5, 0.6) is 5.75 Å². The maximum atomic E-state index is 5.97. The third kappa shape index (κ3) is 2.19. The molecule has 3 heterocycles. The molecule has 1 aromatic heterocycles. The third-order valence-electron chi connectivity index (χ3n) is 3.61. The normalized spacial score (nSPS) is 25.2. The van der Waals surface area contributed by atoms with Crippen LogP contribution in [0.15, 0.2) is 33.7 Å². The predicted octanol–water partition coefficient (Wildman–Crippen LogP) is 2.72. The molecule has 0 bridgehead atoms. The summed E-state index contributed by atoms with van der Waals surface area (Å²) in [6.07, 6.45) is 2.09. The van der Waals surface area contributed by atoms with Crippen LogP contribution in [-0.4, -0.2) is 22.4 Å². The maximum absolute atomic E-state index is 5.97. The van der Waals surface area contributed by atoms with Gasteiger partial charge in [0.2, 0.25) is 11.7 Å². The van der Waals surface area contributed by atoms with Gasteiger partial charge in [-0.3, -0.25) is 0 Å². The van der Waals surface area contributed by atoms with Crippen LogP contribution in [0.2, 0.25) is 0 Å². The van der Waals surface area contributed by atoms with E-state index in [1.165, 1.54) is 4.90 Å². The van der Waals surface area contributed by atoms with Crippen LogP contribution in [0.4, 0.5) is 0 Å². The zero-order valence-electron chi connectivity index (χ0n) is 10.9. The lowest BCUT2D eigenvalue weighted by Crippen LogP contribution is -2.17. The molecular weight excluding hydrogens is 274 g/mol. The fourth-order valence-electron chi connectivity index (χ4n) is 2.56. The number of benzene rings is 1. The second kappa shape index (κ2) is 5.10. The number of aromatic nitrogens is 2. The molecule has 0 amide bonds. The number of fused-ring (bicyclic) bond motifs is 1. The van der Waals surface area contributed by atoms with Gasteiger partial charge in [-0.2, -0.15) is 4.98 Å². The second-order valence-electron chi connectivity index (χ2n) is 5.00. The van der Waals surface area contributed by atoms with E-state index in [-0.39, 0.29) is 12.1 Å². The molecule has 20 heavy (non-hydrogen) atoms. The van der Waals surface area contributed by atoms with Crippen molar-refractivity contribution in [3.63, 3.8) is 0 Å². The lowest BCUT2D eigenvalue weighted by molar-refractivity contribution is 0.205. The molecule has 1 unspecified atom stereocenters. The monoisotopic (exact) mass is 289 g/mol. The van der Waals surface area contributed by atoms with Gasteiger partial charge in [0.1, 0.15) is 5.75 Å². The molecule has 5 nitrogen and oxygen atoms in total. The van der Waals surface area contributed by atoms with E-state index < -0.39 is 0 Å². The minimum Gasteiger partial charge on any atom is -0.480 e. The van der Waals surface area contributed by atoms with E-state index in [9.17, 15) is 0 Å². The predicted molar refractivity (Wildman–Crippen MR) is 74.8 cm³/mol. The molecule has 104 valence electrons. The van der Waals surface area contributed by atoms with E-state index in [4.69, 9.17) is 9.26 Å². The van der Waals surface area contributed by atoms with Crippen molar-refractivity contribution in [2.75, 3.05) is 12.3 Å². The lowest BCUT2D eigenvalue weighted by Gasteiger charge is -2.22. The van der Waals surface area contributed by atoms with E-state index >= 15 is 0 Å². The smallest absolute Gasteiger partial charge is 0.243 e. The SMILES string of the molecule is c1ccc2c(c1)OC(c1noc([C@H]3CCCN3)n1)CS2. The Morgan fingerprint density at radius 2 is 2.25 bits per heavy atom. The zero-order chi connectivity index (χ0) is 13.4. The van der Waals surface area contributed by atoms with Crippen molar-refractivity contribution in [1.29, 1.82) is 0 Å². The Labute approximate surface area is 121 Å². The number of para-hydroxylation sites is 1. The molecule has 2 aliphatic heterocycles. The average Bonchev–Trinajstić information content (AvgIpc) is 3.17. The van der Waals surface area contributed by atoms with Gasteiger partial charge in [0.15, 0.2) is 6.10 Å². The molecule has 4 rings (SSSR count). The van der Waals surface area contributed by atoms with Gasteiger partial charge in [0.25, 0.3) is 0 Å². The number of nitrogens with one attached hydrogen (secondary N) is 1. The summed E-state index contributed by atoms with van der Waals surface area (Å²) in [5.74, 6) is 3.05. The van der Waals surface area contributed by atoms with Crippen LogP contribution in [-0.2, 0) is 0 Å². The van der Waals surface area contributed by atoms with Crippen molar-refractivity contribution >= 4 is 11.8 Å². The zero-order valence-corrected chi connectivity index (χ0v) is 11.7. The van der Waals surface area contributed by atoms with Crippen molar-refractivity contribution < 1.29 is 9.26 Å². The van der Waals surface area contributed by atoms with Crippen LogP contribution in [0, 0.1) is 0 Å². The standard InChI is InChI=1S/C14H15N3O2S/c1-2-6-12-10(5-1)18-11(8-20-12)13-16-14(19-17-13)9-4-3-7-15-9/h1-2,5-6,9,11,15H,3-4,7-8H2/t9-,11?/m1/s1. The highest BCUT2D eigenvalue weighted by atomic mass is 32.2. The molecule has 0 radical (unpaired) electrons. The highest BCUT2D eigenvalue weighted by Crippen LogP contribution is 2.39. The Morgan fingerprint density at radius 3 is 3.15 bits per heavy atom. The first-order valence-electron chi connectivity index (χ1n) is 6.85. The van der Waals surface area contributed by atoms with Gasteiger partial charge in [-0.05, 0) is 31.5 Å². The van der Waals surface area contributed by atoms with Crippen LogP contribution in [0.25, 0.3) is 0 Å². The number of nitrogens with zero attached hydrogens (tertiary/aromatic N) is 2. The van der Waals surface area contributed by atoms with Gasteiger partial charge in [-0.1, -0.05) is 17.3 Å². The fraction of sp³-hybridized carbons (Fsp3) is 0.429. The first-order chi connectivity index (χ1) is 9.90. The Morgan fingerprint density at radius 1 is 1.30 bits per heavy atom. The quantitative estimate of drug-likeness (QED) is 0.917. The summed E-state index contributed by atoms with van der Waals surface area (Å²) >= 11 is 1.77. The topological polar surface area (TPSA) is 60.2 Å². The van der Waals surface area contributed by atoms with E-state index in [0.29, 0.717) is 11.7 Å². The van der Waals surface area contributed by atoms with Crippen LogP contribution in [0.1, 0.15) is 36.7 Å². The highest BCUT2D eigenvalue weighted by Gasteiger charge is 2.28. The summed E-state index contributed by atoms with van der Waals surface area (Å²) in [4.78, 5) is 5.68. The number of hydrogen-bond acceptors (Lipinski definition) is 6. The average molecular weight is 289 g/mol. The Kier molecular flexibility index (Phi) is 3.12. The molecule has 2 aliphatic rings. The molecule has 1 N–H and O–H groups in total. The summed E-state index contributed by atoms with van der Waals surface area (Å²) in [7, 11) is 0. The van der Waals surface area contributed by atoms with E-state index in [0.717, 1.165) is 30.9 Å². The minimum atomic E-state index is -0.131. The van der Waals surface area contributed by atoms with Gasteiger partial charge >= 0.3 is 0 Å². The fourth-order valence-corrected chi connectivity index (χ4v) is 3.54. The van der Waals surface area contributed by atoms with E-state index in [1.54, 1.807) is 11.8 Å². The summed E-state index contributed by atoms with van der Waals surface area (Å²) in [6.45, 7) is 1.02. The van der Waals surface area contributed by atoms with Crippen molar-refractivity contribution in [3.05, 3.63) is 36.0 Å². The van der Waals surface area contributed by atoms with Gasteiger partial charge in [0, 0.05) is 10.6 Å². The molecular formula is C14H15N3O2S. The van der Waals surface area contributed by atoms with Crippen molar-refractivity contribution in [2.24, 2.45) is 0 Å². The molecule has 1 fully saturated rings. The van der Waals surface area contributed by atoms with Crippen molar-refractivity contribution in [1.82, 2.24) is 15.5 Å². The van der Waals surface area contributed by atoms with Gasteiger partial charge in [0.05, 0.1) is 6.04 Å². The summed E-state index contributed by atoms with van der Waals surface area (Å²) in [5.41, 5.74) is 0. The molecule has 0 spiro atoms. The Balaban J connectivity index is 1.54. The van der Waals surface area contributed by atoms with Crippen LogP contribution < -0.4 is 10.1 Å². The largest absolute Gasteiger partial charge is 0.480 e. The lowest BCUT2D eigenvalue weighted by atomic mass is 10.2. The number of rotatable bonds is 2. The summed E-state index contributed by atoms with van der Waals surface area (Å²) in [5, 5.41) is 7.46. The molecule has 1 aromatic carbocycles. The van der Waals surface area contributed by atoms with E-state index in [2.05, 4.69) is 21.5 Å². The molecule has 2 aromatic rings. The molecule has 2 atom stereocenters. The third-order valence-corrected chi connectivity index (χ3v) is 4.73. The Hall–Kier alpha value is -1.53. The first kappa shape index (κ1) is 12.2. The van der Waals surface area contributed by atoms with Gasteiger partial charge in [-0.15, -0.1) is 11.8 Å². The second-order valence-corrected chi connectivity index (χ2v) is 6.07. The minimum absolute atomic E-state index is 0.131. The van der Waals surface area contributed by atoms with Gasteiger partial charge < -0.3 is 14.6 Å². The molecule has 6 heteroatoms. The van der Waals surface area contributed by atoms with Crippen LogP contribution >= 0.6 is 11.8 Å². The van der Waals surface area contributed by atoms with Crippen LogP contribution in [0.3, 0.4) is 0 Å². The van der Waals surface area contributed by atoms with E-state index in [1.807, 2.05) is 18.2 Å². The number of ether oxygens (including phenoxy) is 1. The Bertz CT molecular complexity index is 610.